The maximum atomic E-state index is 12.8. The number of thioether (sulfide) groups is 1. The first-order valence-electron chi connectivity index (χ1n) is 12.0. The van der Waals surface area contributed by atoms with Gasteiger partial charge in [-0.3, -0.25) is 9.59 Å². The van der Waals surface area contributed by atoms with Crippen LogP contribution in [-0.2, 0) is 9.53 Å². The van der Waals surface area contributed by atoms with Crippen LogP contribution < -0.4 is 10.1 Å². The molecule has 1 fully saturated rings. The number of ether oxygens (including phenoxy) is 2. The third-order valence-electron chi connectivity index (χ3n) is 6.07. The molecule has 0 radical (unpaired) electrons. The zero-order valence-electron chi connectivity index (χ0n) is 20.5. The van der Waals surface area contributed by atoms with Crippen LogP contribution in [0.25, 0.3) is 5.69 Å². The summed E-state index contributed by atoms with van der Waals surface area (Å²) in [4.78, 5) is 25.0. The zero-order valence-corrected chi connectivity index (χ0v) is 22.2. The maximum Gasteiger partial charge on any atom is 0.387 e. The lowest BCUT2D eigenvalue weighted by atomic mass is 9.96. The molecular weight excluding hydrogens is 522 g/mol. The smallest absolute Gasteiger partial charge is 0.387 e. The van der Waals surface area contributed by atoms with Crippen molar-refractivity contribution in [3.05, 3.63) is 47.3 Å². The topological polar surface area (TPSA) is 95.3 Å². The van der Waals surface area contributed by atoms with Crippen molar-refractivity contribution in [2.24, 2.45) is 0 Å². The lowest BCUT2D eigenvalue weighted by Crippen LogP contribution is -2.21. The second-order valence-electron chi connectivity index (χ2n) is 8.72. The first kappa shape index (κ1) is 27.1. The van der Waals surface area contributed by atoms with Crippen LogP contribution in [0.2, 0.25) is 0 Å². The van der Waals surface area contributed by atoms with Crippen molar-refractivity contribution >= 4 is 40.0 Å². The van der Waals surface area contributed by atoms with Crippen LogP contribution in [0.4, 0.5) is 13.9 Å². The number of rotatable bonds is 11. The summed E-state index contributed by atoms with van der Waals surface area (Å²) in [5.74, 6) is -0.770. The minimum absolute atomic E-state index is 0.0252. The third kappa shape index (κ3) is 7.29. The number of hydrogen-bond acceptors (Lipinski definition) is 9. The van der Waals surface area contributed by atoms with Gasteiger partial charge in [0.2, 0.25) is 10.9 Å². The molecule has 0 unspecified atom stereocenters. The fraction of sp³-hybridized carbons (Fsp3) is 0.440. The summed E-state index contributed by atoms with van der Waals surface area (Å²) in [5.41, 5.74) is 2.55. The van der Waals surface area contributed by atoms with E-state index in [4.69, 9.17) is 4.74 Å². The summed E-state index contributed by atoms with van der Waals surface area (Å²) < 4.78 is 36.9. The lowest BCUT2D eigenvalue weighted by molar-refractivity contribution is -0.139. The van der Waals surface area contributed by atoms with Gasteiger partial charge in [0.15, 0.2) is 10.9 Å². The Morgan fingerprint density at radius 2 is 1.89 bits per heavy atom. The van der Waals surface area contributed by atoms with E-state index in [1.807, 2.05) is 11.5 Å². The first-order valence-corrected chi connectivity index (χ1v) is 13.8. The number of carbonyl (C=O) groups excluding carboxylic acids is 2. The van der Waals surface area contributed by atoms with Gasteiger partial charge < -0.3 is 19.4 Å². The number of carbonyl (C=O) groups is 2. The number of ketones is 1. The predicted molar refractivity (Wildman–Crippen MR) is 138 cm³/mol. The molecule has 1 aliphatic carbocycles. The van der Waals surface area contributed by atoms with Gasteiger partial charge in [0.05, 0.1) is 5.75 Å². The Morgan fingerprint density at radius 3 is 2.59 bits per heavy atom. The molecule has 2 heterocycles. The highest BCUT2D eigenvalue weighted by molar-refractivity contribution is 8.01. The highest BCUT2D eigenvalue weighted by atomic mass is 32.2. The Labute approximate surface area is 221 Å². The molecule has 198 valence electrons. The Kier molecular flexibility index (Phi) is 9.14. The van der Waals surface area contributed by atoms with Gasteiger partial charge in [-0.05, 0) is 57.0 Å². The minimum atomic E-state index is -2.90. The average molecular weight is 551 g/mol. The summed E-state index contributed by atoms with van der Waals surface area (Å²) in [6.45, 7) is 0.325. The van der Waals surface area contributed by atoms with Crippen LogP contribution in [0, 0.1) is 13.8 Å². The van der Waals surface area contributed by atoms with E-state index in [1.165, 1.54) is 54.5 Å². The van der Waals surface area contributed by atoms with Gasteiger partial charge in [0.1, 0.15) is 5.75 Å². The maximum absolute atomic E-state index is 12.8. The van der Waals surface area contributed by atoms with Crippen molar-refractivity contribution in [1.29, 1.82) is 0 Å². The fourth-order valence-electron chi connectivity index (χ4n) is 4.35. The standard InChI is InChI=1S/C25H28F2N4O4S2/c1-15-12-20(16(2)31(15)18-8-10-19(11-9-18)35-23(26)27)21(32)13-34-22(33)14-36-25-30-29-24(37-25)28-17-6-4-3-5-7-17/h8-12,17,23H,3-7,13-14H2,1-2H3,(H,28,29). The highest BCUT2D eigenvalue weighted by Gasteiger charge is 2.19. The molecule has 1 aliphatic rings. The number of alkyl halides is 2. The van der Waals surface area contributed by atoms with Crippen LogP contribution >= 0.6 is 23.1 Å². The van der Waals surface area contributed by atoms with E-state index in [1.54, 1.807) is 25.1 Å². The van der Waals surface area contributed by atoms with E-state index in [9.17, 15) is 18.4 Å². The molecule has 0 aliphatic heterocycles. The van der Waals surface area contributed by atoms with E-state index in [0.717, 1.165) is 23.7 Å². The quantitative estimate of drug-likeness (QED) is 0.182. The highest BCUT2D eigenvalue weighted by Crippen LogP contribution is 2.29. The monoisotopic (exact) mass is 550 g/mol. The van der Waals surface area contributed by atoms with Crippen molar-refractivity contribution in [1.82, 2.24) is 14.8 Å². The fourth-order valence-corrected chi connectivity index (χ4v) is 5.98. The number of aromatic nitrogens is 3. The number of anilines is 1. The Balaban J connectivity index is 1.27. The average Bonchev–Trinajstić information content (AvgIpc) is 3.45. The minimum Gasteiger partial charge on any atom is -0.457 e. The normalized spacial score (nSPS) is 14.1. The molecule has 37 heavy (non-hydrogen) atoms. The number of nitrogens with zero attached hydrogens (tertiary/aromatic N) is 3. The summed E-state index contributed by atoms with van der Waals surface area (Å²) >= 11 is 2.63. The molecule has 0 atom stereocenters. The first-order chi connectivity index (χ1) is 17.8. The van der Waals surface area contributed by atoms with Gasteiger partial charge in [-0.1, -0.05) is 42.4 Å². The van der Waals surface area contributed by atoms with Crippen molar-refractivity contribution in [3.63, 3.8) is 0 Å². The van der Waals surface area contributed by atoms with Gasteiger partial charge in [-0.25, -0.2) is 0 Å². The van der Waals surface area contributed by atoms with Crippen LogP contribution in [0.1, 0.15) is 53.8 Å². The molecule has 3 aromatic rings. The molecule has 0 saturated heterocycles. The number of esters is 1. The number of nitrogens with one attached hydrogen (secondary N) is 1. The number of benzene rings is 1. The Bertz CT molecular complexity index is 1220. The third-order valence-corrected chi connectivity index (χ3v) is 8.03. The van der Waals surface area contributed by atoms with Crippen LogP contribution in [0.5, 0.6) is 5.75 Å². The SMILES string of the molecule is Cc1cc(C(=O)COC(=O)CSc2nnc(NC3CCCCC3)s2)c(C)n1-c1ccc(OC(F)F)cc1. The zero-order chi connectivity index (χ0) is 26.4. The van der Waals surface area contributed by atoms with Crippen LogP contribution in [-0.4, -0.2) is 51.5 Å². The predicted octanol–water partition coefficient (Wildman–Crippen LogP) is 5.81. The van der Waals surface area contributed by atoms with Crippen LogP contribution in [0.3, 0.4) is 0 Å². The summed E-state index contributed by atoms with van der Waals surface area (Å²) in [6.07, 6.45) is 5.98. The molecule has 8 nitrogen and oxygen atoms in total. The van der Waals surface area contributed by atoms with Crippen molar-refractivity contribution in [3.8, 4) is 11.4 Å². The van der Waals surface area contributed by atoms with Crippen molar-refractivity contribution in [2.45, 2.75) is 62.9 Å². The number of aryl methyl sites for hydroxylation is 1. The largest absolute Gasteiger partial charge is 0.457 e. The van der Waals surface area contributed by atoms with Gasteiger partial charge in [-0.15, -0.1) is 10.2 Å². The van der Waals surface area contributed by atoms with Gasteiger partial charge in [0, 0.05) is 28.7 Å². The molecule has 0 spiro atoms. The van der Waals surface area contributed by atoms with E-state index < -0.39 is 12.6 Å². The van der Waals surface area contributed by atoms with E-state index >= 15 is 0 Å². The molecule has 1 N–H and O–H groups in total. The van der Waals surface area contributed by atoms with E-state index in [2.05, 4.69) is 20.3 Å². The second-order valence-corrected chi connectivity index (χ2v) is 10.9. The molecule has 0 bridgehead atoms. The summed E-state index contributed by atoms with van der Waals surface area (Å²) in [7, 11) is 0. The van der Waals surface area contributed by atoms with Crippen LogP contribution in [0.15, 0.2) is 34.7 Å². The van der Waals surface area contributed by atoms with E-state index in [-0.39, 0.29) is 23.9 Å². The molecule has 12 heteroatoms. The number of halogens is 2. The van der Waals surface area contributed by atoms with E-state index in [0.29, 0.717) is 27.3 Å². The number of hydrogen-bond donors (Lipinski definition) is 1. The molecular formula is C25H28F2N4O4S2. The Hall–Kier alpha value is -2.99. The molecule has 1 aromatic carbocycles. The van der Waals surface area contributed by atoms with Gasteiger partial charge >= 0.3 is 12.6 Å². The molecule has 0 amide bonds. The van der Waals surface area contributed by atoms with Gasteiger partial charge in [-0.2, -0.15) is 8.78 Å². The van der Waals surface area contributed by atoms with Crippen molar-refractivity contribution < 1.29 is 27.8 Å². The summed E-state index contributed by atoms with van der Waals surface area (Å²) in [5, 5.41) is 12.4. The molecule has 1 saturated carbocycles. The second kappa shape index (κ2) is 12.5. The van der Waals surface area contributed by atoms with Crippen molar-refractivity contribution in [2.75, 3.05) is 17.7 Å². The summed E-state index contributed by atoms with van der Waals surface area (Å²) in [6, 6.07) is 8.28. The lowest BCUT2D eigenvalue weighted by Gasteiger charge is -2.21. The van der Waals surface area contributed by atoms with Gasteiger partial charge in [0.25, 0.3) is 0 Å². The molecule has 4 rings (SSSR count). The number of Topliss-reactive ketones (excluding diaryl/α,β-unsaturated/α-hetero) is 1. The Morgan fingerprint density at radius 1 is 1.16 bits per heavy atom. The molecule has 2 aromatic heterocycles.